The van der Waals surface area contributed by atoms with Crippen LogP contribution in [0.15, 0.2) is 4.52 Å². The predicted octanol–water partition coefficient (Wildman–Crippen LogP) is 1.47. The SMILES string of the molecule is CNCc1nc(CC2CCSCC2)no1. The summed E-state index contributed by atoms with van der Waals surface area (Å²) in [5.41, 5.74) is 0. The number of hydrogen-bond donors (Lipinski definition) is 1. The van der Waals surface area contributed by atoms with Gasteiger partial charge in [0, 0.05) is 6.42 Å². The lowest BCUT2D eigenvalue weighted by atomic mass is 9.99. The summed E-state index contributed by atoms with van der Waals surface area (Å²) in [6.07, 6.45) is 3.56. The molecule has 2 rings (SSSR count). The molecule has 0 atom stereocenters. The van der Waals surface area contributed by atoms with E-state index in [0.717, 1.165) is 18.2 Å². The van der Waals surface area contributed by atoms with Crippen molar-refractivity contribution in [1.29, 1.82) is 0 Å². The molecule has 0 aliphatic carbocycles. The van der Waals surface area contributed by atoms with E-state index in [1.807, 2.05) is 18.8 Å². The summed E-state index contributed by atoms with van der Waals surface area (Å²) in [6, 6.07) is 0. The third-order valence-corrected chi connectivity index (χ3v) is 3.70. The molecule has 0 unspecified atom stereocenters. The molecule has 0 aromatic carbocycles. The summed E-state index contributed by atoms with van der Waals surface area (Å²) in [5, 5.41) is 7.00. The smallest absolute Gasteiger partial charge is 0.240 e. The average molecular weight is 227 g/mol. The summed E-state index contributed by atoms with van der Waals surface area (Å²) in [5.74, 6) is 4.89. The van der Waals surface area contributed by atoms with E-state index in [2.05, 4.69) is 15.5 Å². The van der Waals surface area contributed by atoms with E-state index in [4.69, 9.17) is 4.52 Å². The van der Waals surface area contributed by atoms with Crippen LogP contribution < -0.4 is 5.32 Å². The van der Waals surface area contributed by atoms with Crippen molar-refractivity contribution >= 4 is 11.8 Å². The number of aromatic nitrogens is 2. The van der Waals surface area contributed by atoms with E-state index >= 15 is 0 Å². The molecule has 1 aromatic heterocycles. The molecule has 1 aliphatic heterocycles. The van der Waals surface area contributed by atoms with Gasteiger partial charge < -0.3 is 9.84 Å². The molecule has 1 aromatic rings. The molecule has 5 heteroatoms. The quantitative estimate of drug-likeness (QED) is 0.844. The first kappa shape index (κ1) is 11.0. The van der Waals surface area contributed by atoms with Gasteiger partial charge >= 0.3 is 0 Å². The van der Waals surface area contributed by atoms with Crippen LogP contribution >= 0.6 is 11.8 Å². The van der Waals surface area contributed by atoms with Crippen LogP contribution in [0.5, 0.6) is 0 Å². The Labute approximate surface area is 94.2 Å². The van der Waals surface area contributed by atoms with Gasteiger partial charge in [0.05, 0.1) is 6.54 Å². The summed E-state index contributed by atoms with van der Waals surface area (Å²) in [7, 11) is 1.88. The number of nitrogens with zero attached hydrogens (tertiary/aromatic N) is 2. The molecular weight excluding hydrogens is 210 g/mol. The maximum atomic E-state index is 5.12. The Balaban J connectivity index is 1.86. The topological polar surface area (TPSA) is 51.0 Å². The zero-order chi connectivity index (χ0) is 10.5. The van der Waals surface area contributed by atoms with Crippen molar-refractivity contribution < 1.29 is 4.52 Å². The Hall–Kier alpha value is -0.550. The maximum absolute atomic E-state index is 5.12. The van der Waals surface area contributed by atoms with Gasteiger partial charge in [-0.05, 0) is 37.3 Å². The number of nitrogens with one attached hydrogen (secondary N) is 1. The number of thioether (sulfide) groups is 1. The summed E-state index contributed by atoms with van der Waals surface area (Å²) >= 11 is 2.05. The van der Waals surface area contributed by atoms with Gasteiger partial charge in [-0.3, -0.25) is 0 Å². The van der Waals surface area contributed by atoms with Crippen molar-refractivity contribution in [3.05, 3.63) is 11.7 Å². The van der Waals surface area contributed by atoms with Crippen molar-refractivity contribution in [3.63, 3.8) is 0 Å². The molecule has 1 aliphatic rings. The van der Waals surface area contributed by atoms with E-state index in [0.29, 0.717) is 12.4 Å². The molecule has 2 heterocycles. The molecule has 1 saturated heterocycles. The van der Waals surface area contributed by atoms with Gasteiger partial charge in [0.25, 0.3) is 0 Å². The van der Waals surface area contributed by atoms with E-state index in [1.165, 1.54) is 24.3 Å². The molecule has 4 nitrogen and oxygen atoms in total. The molecule has 1 fully saturated rings. The molecule has 0 saturated carbocycles. The van der Waals surface area contributed by atoms with E-state index < -0.39 is 0 Å². The third kappa shape index (κ3) is 3.21. The summed E-state index contributed by atoms with van der Waals surface area (Å²) in [6.45, 7) is 0.660. The van der Waals surface area contributed by atoms with Crippen LogP contribution in [0.3, 0.4) is 0 Å². The first-order valence-electron chi connectivity index (χ1n) is 5.42. The Morgan fingerprint density at radius 1 is 1.47 bits per heavy atom. The lowest BCUT2D eigenvalue weighted by molar-refractivity contribution is 0.362. The van der Waals surface area contributed by atoms with Crippen LogP contribution in [-0.4, -0.2) is 28.7 Å². The number of hydrogen-bond acceptors (Lipinski definition) is 5. The first-order chi connectivity index (χ1) is 7.38. The fourth-order valence-electron chi connectivity index (χ4n) is 1.80. The van der Waals surface area contributed by atoms with Crippen LogP contribution in [-0.2, 0) is 13.0 Å². The number of rotatable bonds is 4. The Morgan fingerprint density at radius 3 is 3.00 bits per heavy atom. The highest BCUT2D eigenvalue weighted by Crippen LogP contribution is 2.24. The Morgan fingerprint density at radius 2 is 2.27 bits per heavy atom. The van der Waals surface area contributed by atoms with Crippen molar-refractivity contribution in [2.75, 3.05) is 18.6 Å². The van der Waals surface area contributed by atoms with Gasteiger partial charge in [0.2, 0.25) is 5.89 Å². The minimum absolute atomic E-state index is 0.660. The van der Waals surface area contributed by atoms with Crippen molar-refractivity contribution in [3.8, 4) is 0 Å². The molecule has 0 amide bonds. The zero-order valence-electron chi connectivity index (χ0n) is 9.03. The molecular formula is C10H17N3OS. The van der Waals surface area contributed by atoms with E-state index in [1.54, 1.807) is 0 Å². The second kappa shape index (κ2) is 5.51. The highest BCUT2D eigenvalue weighted by atomic mass is 32.2. The van der Waals surface area contributed by atoms with Gasteiger partial charge in [-0.25, -0.2) is 0 Å². The largest absolute Gasteiger partial charge is 0.338 e. The lowest BCUT2D eigenvalue weighted by Crippen LogP contribution is -2.13. The van der Waals surface area contributed by atoms with Crippen LogP contribution in [0.2, 0.25) is 0 Å². The van der Waals surface area contributed by atoms with Gasteiger partial charge in [-0.1, -0.05) is 5.16 Å². The monoisotopic (exact) mass is 227 g/mol. The molecule has 0 spiro atoms. The van der Waals surface area contributed by atoms with Crippen molar-refractivity contribution in [2.24, 2.45) is 5.92 Å². The van der Waals surface area contributed by atoms with Crippen LogP contribution in [0, 0.1) is 5.92 Å². The average Bonchev–Trinajstić information content (AvgIpc) is 2.68. The fourth-order valence-corrected chi connectivity index (χ4v) is 3.01. The standard InChI is InChI=1S/C10H17N3OS/c1-11-7-10-12-9(13-14-10)6-8-2-4-15-5-3-8/h8,11H,2-7H2,1H3. The fraction of sp³-hybridized carbons (Fsp3) is 0.800. The normalized spacial score (nSPS) is 18.2. The van der Waals surface area contributed by atoms with Crippen LogP contribution in [0.25, 0.3) is 0 Å². The second-order valence-electron chi connectivity index (χ2n) is 3.89. The Kier molecular flexibility index (Phi) is 4.02. The molecule has 1 N–H and O–H groups in total. The van der Waals surface area contributed by atoms with Crippen molar-refractivity contribution in [2.45, 2.75) is 25.8 Å². The third-order valence-electron chi connectivity index (χ3n) is 2.65. The minimum Gasteiger partial charge on any atom is -0.338 e. The van der Waals surface area contributed by atoms with Gasteiger partial charge in [0.15, 0.2) is 5.82 Å². The highest BCUT2D eigenvalue weighted by molar-refractivity contribution is 7.99. The highest BCUT2D eigenvalue weighted by Gasteiger charge is 2.17. The van der Waals surface area contributed by atoms with E-state index in [9.17, 15) is 0 Å². The maximum Gasteiger partial charge on any atom is 0.240 e. The van der Waals surface area contributed by atoms with Crippen LogP contribution in [0.4, 0.5) is 0 Å². The van der Waals surface area contributed by atoms with Gasteiger partial charge in [-0.2, -0.15) is 16.7 Å². The molecule has 0 bridgehead atoms. The predicted molar refractivity (Wildman–Crippen MR) is 60.8 cm³/mol. The summed E-state index contributed by atoms with van der Waals surface area (Å²) in [4.78, 5) is 4.35. The zero-order valence-corrected chi connectivity index (χ0v) is 9.85. The molecule has 15 heavy (non-hydrogen) atoms. The van der Waals surface area contributed by atoms with Crippen LogP contribution in [0.1, 0.15) is 24.6 Å². The Bertz CT molecular complexity index is 297. The second-order valence-corrected chi connectivity index (χ2v) is 5.12. The van der Waals surface area contributed by atoms with Crippen molar-refractivity contribution in [1.82, 2.24) is 15.5 Å². The van der Waals surface area contributed by atoms with Gasteiger partial charge in [0.1, 0.15) is 0 Å². The lowest BCUT2D eigenvalue weighted by Gasteiger charge is -2.19. The minimum atomic E-state index is 0.660. The first-order valence-corrected chi connectivity index (χ1v) is 6.57. The summed E-state index contributed by atoms with van der Waals surface area (Å²) < 4.78 is 5.12. The van der Waals surface area contributed by atoms with Gasteiger partial charge in [-0.15, -0.1) is 0 Å². The molecule has 0 radical (unpaired) electrons. The van der Waals surface area contributed by atoms with E-state index in [-0.39, 0.29) is 0 Å². The molecule has 84 valence electrons.